The molecule has 102 valence electrons. The highest BCUT2D eigenvalue weighted by Crippen LogP contribution is 2.40. The van der Waals surface area contributed by atoms with Crippen LogP contribution >= 0.6 is 11.3 Å². The van der Waals surface area contributed by atoms with Crippen LogP contribution in [0.5, 0.6) is 5.75 Å². The van der Waals surface area contributed by atoms with E-state index in [4.69, 9.17) is 10.5 Å². The van der Waals surface area contributed by atoms with Gasteiger partial charge < -0.3 is 15.5 Å². The first-order valence-electron chi connectivity index (χ1n) is 6.16. The highest BCUT2D eigenvalue weighted by Gasteiger charge is 2.15. The molecule has 5 heteroatoms. The van der Waals surface area contributed by atoms with E-state index in [1.54, 1.807) is 7.11 Å². The van der Waals surface area contributed by atoms with Crippen LogP contribution in [-0.4, -0.2) is 12.1 Å². The van der Waals surface area contributed by atoms with Crippen LogP contribution in [0.1, 0.15) is 4.88 Å². The quantitative estimate of drug-likeness (QED) is 0.760. The van der Waals surface area contributed by atoms with Gasteiger partial charge in [0, 0.05) is 27.6 Å². The zero-order valence-electron chi connectivity index (χ0n) is 11.2. The molecule has 0 atom stereocenters. The second kappa shape index (κ2) is 4.68. The van der Waals surface area contributed by atoms with Gasteiger partial charge >= 0.3 is 0 Å². The predicted octanol–water partition coefficient (Wildman–Crippen LogP) is 3.16. The molecule has 0 saturated carbocycles. The van der Waals surface area contributed by atoms with Gasteiger partial charge in [-0.15, -0.1) is 11.3 Å². The Morgan fingerprint density at radius 2 is 2.10 bits per heavy atom. The Morgan fingerprint density at radius 3 is 2.85 bits per heavy atom. The first kappa shape index (κ1) is 12.7. The number of aromatic amines is 1. The van der Waals surface area contributed by atoms with Crippen LogP contribution in [0.25, 0.3) is 21.3 Å². The van der Waals surface area contributed by atoms with Crippen LogP contribution in [0, 0.1) is 6.92 Å². The summed E-state index contributed by atoms with van der Waals surface area (Å²) < 4.78 is 5.27. The summed E-state index contributed by atoms with van der Waals surface area (Å²) in [4.78, 5) is 16.3. The zero-order valence-corrected chi connectivity index (χ0v) is 12.0. The lowest BCUT2D eigenvalue weighted by atomic mass is 10.0. The number of methoxy groups -OCH3 is 1. The number of fused-ring (bicyclic) bond motifs is 1. The Labute approximate surface area is 119 Å². The van der Waals surface area contributed by atoms with Gasteiger partial charge in [-0.05, 0) is 24.6 Å². The number of benzene rings is 1. The van der Waals surface area contributed by atoms with Gasteiger partial charge in [-0.2, -0.15) is 0 Å². The van der Waals surface area contributed by atoms with Crippen molar-refractivity contribution in [3.05, 3.63) is 45.6 Å². The van der Waals surface area contributed by atoms with Gasteiger partial charge in [0.05, 0.1) is 7.11 Å². The monoisotopic (exact) mass is 286 g/mol. The molecule has 0 aliphatic carbocycles. The normalized spacial score (nSPS) is 10.9. The van der Waals surface area contributed by atoms with Crippen molar-refractivity contribution in [3.63, 3.8) is 0 Å². The van der Waals surface area contributed by atoms with E-state index in [9.17, 15) is 4.79 Å². The molecule has 20 heavy (non-hydrogen) atoms. The summed E-state index contributed by atoms with van der Waals surface area (Å²) in [7, 11) is 1.64. The van der Waals surface area contributed by atoms with E-state index < -0.39 is 0 Å². The summed E-state index contributed by atoms with van der Waals surface area (Å²) in [6.07, 6.45) is 0. The highest BCUT2D eigenvalue weighted by atomic mass is 32.1. The molecule has 0 radical (unpaired) electrons. The number of nitrogens with two attached hydrogens (primary N) is 1. The summed E-state index contributed by atoms with van der Waals surface area (Å²) in [5.74, 6) is 0.796. The molecule has 0 fully saturated rings. The Bertz CT molecular complexity index is 849. The molecule has 3 aromatic rings. The fraction of sp³-hybridized carbons (Fsp3) is 0.133. The van der Waals surface area contributed by atoms with Gasteiger partial charge in [0.1, 0.15) is 10.6 Å². The highest BCUT2D eigenvalue weighted by molar-refractivity contribution is 7.19. The molecule has 3 rings (SSSR count). The van der Waals surface area contributed by atoms with Gasteiger partial charge in [0.25, 0.3) is 5.56 Å². The molecular formula is C15H14N2O2S. The molecule has 0 unspecified atom stereocenters. The minimum absolute atomic E-state index is 0.173. The molecule has 0 saturated heterocycles. The Balaban J connectivity index is 2.35. The molecule has 0 spiro atoms. The minimum atomic E-state index is -0.173. The van der Waals surface area contributed by atoms with E-state index in [0.29, 0.717) is 5.69 Å². The lowest BCUT2D eigenvalue weighted by Gasteiger charge is -2.06. The Morgan fingerprint density at radius 1 is 1.30 bits per heavy atom. The second-order valence-corrected chi connectivity index (χ2v) is 5.78. The van der Waals surface area contributed by atoms with Crippen LogP contribution in [0.15, 0.2) is 35.1 Å². The number of anilines is 1. The molecule has 1 aromatic carbocycles. The van der Waals surface area contributed by atoms with Gasteiger partial charge in [0.2, 0.25) is 0 Å². The molecule has 4 nitrogen and oxygen atoms in total. The molecule has 0 aliphatic heterocycles. The number of pyridine rings is 1. The Kier molecular flexibility index (Phi) is 2.99. The lowest BCUT2D eigenvalue weighted by molar-refractivity contribution is 0.415. The van der Waals surface area contributed by atoms with E-state index in [0.717, 1.165) is 32.0 Å². The maximum absolute atomic E-state index is 11.5. The number of thiophene rings is 1. The van der Waals surface area contributed by atoms with Crippen LogP contribution in [0.3, 0.4) is 0 Å². The van der Waals surface area contributed by atoms with Gasteiger partial charge in [-0.25, -0.2) is 0 Å². The molecule has 0 amide bonds. The van der Waals surface area contributed by atoms with Crippen LogP contribution < -0.4 is 16.0 Å². The zero-order chi connectivity index (χ0) is 14.3. The fourth-order valence-electron chi connectivity index (χ4n) is 2.40. The molecule has 3 N–H and O–H groups in total. The number of H-pyrrole nitrogens is 1. The first-order valence-corrected chi connectivity index (χ1v) is 6.98. The third-order valence-corrected chi connectivity index (χ3v) is 4.28. The lowest BCUT2D eigenvalue weighted by Crippen LogP contribution is -2.05. The number of aryl methyl sites for hydroxylation is 1. The van der Waals surface area contributed by atoms with Crippen molar-refractivity contribution in [1.82, 2.24) is 4.98 Å². The number of hydrogen-bond donors (Lipinski definition) is 2. The van der Waals surface area contributed by atoms with Crippen LogP contribution in [-0.2, 0) is 0 Å². The summed E-state index contributed by atoms with van der Waals surface area (Å²) >= 11 is 1.54. The molecule has 0 aliphatic rings. The Hall–Kier alpha value is -2.27. The fourth-order valence-corrected chi connectivity index (χ4v) is 3.50. The maximum Gasteiger partial charge on any atom is 0.251 e. The molecule has 0 bridgehead atoms. The number of ether oxygens (including phenoxy) is 1. The van der Waals surface area contributed by atoms with Crippen LogP contribution in [0.2, 0.25) is 0 Å². The van der Waals surface area contributed by atoms with E-state index >= 15 is 0 Å². The van der Waals surface area contributed by atoms with Crippen molar-refractivity contribution in [2.24, 2.45) is 0 Å². The number of aromatic nitrogens is 1. The van der Waals surface area contributed by atoms with Crippen molar-refractivity contribution < 1.29 is 4.74 Å². The van der Waals surface area contributed by atoms with Gasteiger partial charge in [-0.1, -0.05) is 12.1 Å². The maximum atomic E-state index is 11.5. The minimum Gasteiger partial charge on any atom is -0.497 e. The standard InChI is InChI=1S/C15H14N2O2S/c1-8-13(9-4-3-5-10(6-9)19-2)14-11(16)7-12(18)17-15(14)20-8/h3-7H,1-2H3,(H3,16,17,18). The van der Waals surface area contributed by atoms with Crippen molar-refractivity contribution in [3.8, 4) is 16.9 Å². The topological polar surface area (TPSA) is 68.1 Å². The average molecular weight is 286 g/mol. The third-order valence-electron chi connectivity index (χ3n) is 3.25. The van der Waals surface area contributed by atoms with E-state index in [2.05, 4.69) is 4.98 Å². The second-order valence-electron chi connectivity index (χ2n) is 4.56. The first-order chi connectivity index (χ1) is 9.60. The van der Waals surface area contributed by atoms with Crippen molar-refractivity contribution in [2.75, 3.05) is 12.8 Å². The van der Waals surface area contributed by atoms with Gasteiger partial charge in [0.15, 0.2) is 0 Å². The largest absolute Gasteiger partial charge is 0.497 e. The van der Waals surface area contributed by atoms with Crippen molar-refractivity contribution in [2.45, 2.75) is 6.92 Å². The molecule has 2 aromatic heterocycles. The molecule has 2 heterocycles. The third kappa shape index (κ3) is 1.96. The van der Waals surface area contributed by atoms with Gasteiger partial charge in [-0.3, -0.25) is 4.79 Å². The van der Waals surface area contributed by atoms with E-state index in [1.807, 2.05) is 31.2 Å². The smallest absolute Gasteiger partial charge is 0.251 e. The van der Waals surface area contributed by atoms with E-state index in [-0.39, 0.29) is 5.56 Å². The van der Waals surface area contributed by atoms with Crippen LogP contribution in [0.4, 0.5) is 5.69 Å². The van der Waals surface area contributed by atoms with E-state index in [1.165, 1.54) is 17.4 Å². The number of hydrogen-bond acceptors (Lipinski definition) is 4. The predicted molar refractivity (Wildman–Crippen MR) is 83.6 cm³/mol. The number of nitrogens with one attached hydrogen (secondary N) is 1. The summed E-state index contributed by atoms with van der Waals surface area (Å²) in [5, 5.41) is 0.903. The summed E-state index contributed by atoms with van der Waals surface area (Å²) in [5.41, 5.74) is 8.45. The molecular weight excluding hydrogens is 272 g/mol. The SMILES string of the molecule is COc1cccc(-c2c(C)sc3[nH]c(=O)cc(N)c23)c1. The average Bonchev–Trinajstić information content (AvgIpc) is 2.75. The number of nitrogen functional groups attached to an aromatic ring is 1. The number of rotatable bonds is 2. The summed E-state index contributed by atoms with van der Waals surface area (Å²) in [6.45, 7) is 2.03. The summed E-state index contributed by atoms with van der Waals surface area (Å²) in [6, 6.07) is 9.26. The van der Waals surface area contributed by atoms with Crippen molar-refractivity contribution in [1.29, 1.82) is 0 Å². The van der Waals surface area contributed by atoms with Crippen molar-refractivity contribution >= 4 is 27.2 Å².